The summed E-state index contributed by atoms with van der Waals surface area (Å²) in [6.45, 7) is 7.52. The fourth-order valence-electron chi connectivity index (χ4n) is 4.52. The largest absolute Gasteiger partial charge is 0.444 e. The summed E-state index contributed by atoms with van der Waals surface area (Å²) in [5.41, 5.74) is 0.0540. The van der Waals surface area contributed by atoms with Crippen molar-refractivity contribution in [2.45, 2.75) is 88.2 Å². The van der Waals surface area contributed by atoms with Crippen molar-refractivity contribution in [3.63, 3.8) is 0 Å². The Balaban J connectivity index is 1.38. The first-order valence-electron chi connectivity index (χ1n) is 11.0. The summed E-state index contributed by atoms with van der Waals surface area (Å²) < 4.78 is 31.3. The van der Waals surface area contributed by atoms with Gasteiger partial charge in [-0.1, -0.05) is 5.16 Å². The zero-order chi connectivity index (χ0) is 23.0. The summed E-state index contributed by atoms with van der Waals surface area (Å²) in [6, 6.07) is 5.14. The fraction of sp³-hybridized carbons (Fsp3) is 0.609. The second-order valence-corrected chi connectivity index (χ2v) is 10.3. The van der Waals surface area contributed by atoms with Gasteiger partial charge in [0.05, 0.1) is 6.10 Å². The van der Waals surface area contributed by atoms with E-state index in [0.717, 1.165) is 25.7 Å². The van der Waals surface area contributed by atoms with Crippen molar-refractivity contribution < 1.29 is 23.2 Å². The molecule has 0 N–H and O–H groups in total. The number of hydrogen-bond acceptors (Lipinski definition) is 7. The van der Waals surface area contributed by atoms with Crippen LogP contribution < -0.4 is 0 Å². The van der Waals surface area contributed by atoms with E-state index in [1.165, 1.54) is 17.8 Å². The van der Waals surface area contributed by atoms with Crippen molar-refractivity contribution in [2.24, 2.45) is 0 Å². The predicted octanol–water partition coefficient (Wildman–Crippen LogP) is 5.61. The summed E-state index contributed by atoms with van der Waals surface area (Å²) in [5, 5.41) is 4.00. The maximum Gasteiger partial charge on any atom is 0.410 e. The number of ether oxygens (including phenoxy) is 2. The van der Waals surface area contributed by atoms with E-state index in [1.54, 1.807) is 12.1 Å². The number of thioether (sulfide) groups is 1. The Hall–Kier alpha value is -2.13. The molecule has 1 amide bonds. The van der Waals surface area contributed by atoms with Crippen molar-refractivity contribution in [2.75, 3.05) is 6.26 Å². The predicted molar refractivity (Wildman–Crippen MR) is 119 cm³/mol. The van der Waals surface area contributed by atoms with Gasteiger partial charge in [-0.05, 0) is 77.8 Å². The van der Waals surface area contributed by atoms with Gasteiger partial charge in [-0.25, -0.2) is 9.18 Å². The second-order valence-electron chi connectivity index (χ2n) is 9.45. The number of carbonyl (C=O) groups is 1. The van der Waals surface area contributed by atoms with Crippen molar-refractivity contribution in [3.8, 4) is 11.4 Å². The minimum Gasteiger partial charge on any atom is -0.444 e. The van der Waals surface area contributed by atoms with Crippen LogP contribution in [0.3, 0.4) is 0 Å². The standard InChI is InChI=1S/C23H30FN3O4S/c1-13(21-25-20(26-31-21)14-6-9-19(32-5)18(24)10-14)29-17-11-15-7-8-16(12-17)27(15)22(28)30-23(2,3)4/h6,9-10,13,15-17H,7-8,11-12H2,1-5H3/t13-,15?,16?,17?/m1/s1. The number of piperidine rings is 1. The average Bonchev–Trinajstić information content (AvgIpc) is 3.30. The van der Waals surface area contributed by atoms with Gasteiger partial charge >= 0.3 is 6.09 Å². The van der Waals surface area contributed by atoms with Gasteiger partial charge in [-0.2, -0.15) is 4.98 Å². The number of aromatic nitrogens is 2. The van der Waals surface area contributed by atoms with E-state index < -0.39 is 11.7 Å². The van der Waals surface area contributed by atoms with Crippen molar-refractivity contribution in [3.05, 3.63) is 29.9 Å². The molecule has 2 aliphatic heterocycles. The first-order valence-corrected chi connectivity index (χ1v) is 12.2. The van der Waals surface area contributed by atoms with Crippen molar-refractivity contribution in [1.82, 2.24) is 15.0 Å². The Bertz CT molecular complexity index is 962. The normalized spacial score (nSPS) is 23.9. The van der Waals surface area contributed by atoms with Crippen LogP contribution in [0.2, 0.25) is 0 Å². The number of fused-ring (bicyclic) bond motifs is 2. The molecule has 3 atom stereocenters. The van der Waals surface area contributed by atoms with Gasteiger partial charge in [0.2, 0.25) is 5.82 Å². The van der Waals surface area contributed by atoms with Gasteiger partial charge in [-0.3, -0.25) is 0 Å². The van der Waals surface area contributed by atoms with E-state index >= 15 is 0 Å². The number of carbonyl (C=O) groups excluding carboxylic acids is 1. The lowest BCUT2D eigenvalue weighted by molar-refractivity contribution is -0.0680. The van der Waals surface area contributed by atoms with Gasteiger partial charge < -0.3 is 18.9 Å². The summed E-state index contributed by atoms with van der Waals surface area (Å²) in [5.74, 6) is 0.385. The van der Waals surface area contributed by atoms with Crippen molar-refractivity contribution >= 4 is 17.9 Å². The van der Waals surface area contributed by atoms with Gasteiger partial charge in [-0.15, -0.1) is 11.8 Å². The number of halogens is 1. The van der Waals surface area contributed by atoms with E-state index in [1.807, 2.05) is 38.9 Å². The molecule has 1 aromatic heterocycles. The smallest absolute Gasteiger partial charge is 0.410 e. The zero-order valence-corrected chi connectivity index (χ0v) is 19.9. The molecule has 2 saturated heterocycles. The topological polar surface area (TPSA) is 77.7 Å². The SMILES string of the molecule is CSc1ccc(-c2noc([C@@H](C)OC3CC4CCC(C3)N4C(=O)OC(C)(C)C)n2)cc1F. The third-order valence-corrected chi connectivity index (χ3v) is 6.66. The van der Waals surface area contributed by atoms with Gasteiger partial charge in [0.25, 0.3) is 5.89 Å². The summed E-state index contributed by atoms with van der Waals surface area (Å²) in [6.07, 6.45) is 4.61. The zero-order valence-electron chi connectivity index (χ0n) is 19.1. The molecule has 0 aliphatic carbocycles. The number of benzene rings is 1. The Morgan fingerprint density at radius 2 is 1.97 bits per heavy atom. The van der Waals surface area contributed by atoms with E-state index in [-0.39, 0.29) is 30.1 Å². The van der Waals surface area contributed by atoms with Crippen LogP contribution in [-0.4, -0.2) is 51.2 Å². The minimum absolute atomic E-state index is 0.00477. The number of rotatable bonds is 5. The highest BCUT2D eigenvalue weighted by atomic mass is 32.2. The van der Waals surface area contributed by atoms with E-state index in [0.29, 0.717) is 22.2 Å². The summed E-state index contributed by atoms with van der Waals surface area (Å²) >= 11 is 1.35. The lowest BCUT2D eigenvalue weighted by Gasteiger charge is -2.39. The number of amides is 1. The van der Waals surface area contributed by atoms with Gasteiger partial charge in [0, 0.05) is 22.5 Å². The van der Waals surface area contributed by atoms with E-state index in [2.05, 4.69) is 10.1 Å². The molecule has 2 fully saturated rings. The minimum atomic E-state index is -0.507. The molecular weight excluding hydrogens is 433 g/mol. The summed E-state index contributed by atoms with van der Waals surface area (Å²) in [4.78, 5) is 19.5. The second kappa shape index (κ2) is 9.02. The van der Waals surface area contributed by atoms with Crippen LogP contribution in [-0.2, 0) is 9.47 Å². The quantitative estimate of drug-likeness (QED) is 0.534. The molecule has 0 spiro atoms. The Labute approximate surface area is 192 Å². The van der Waals surface area contributed by atoms with Crippen LogP contribution in [0.1, 0.15) is 65.4 Å². The van der Waals surface area contributed by atoms with Gasteiger partial charge in [0.1, 0.15) is 17.5 Å². The number of nitrogens with zero attached hydrogens (tertiary/aromatic N) is 3. The molecule has 2 aliphatic rings. The Morgan fingerprint density at radius 1 is 1.28 bits per heavy atom. The van der Waals surface area contributed by atoms with E-state index in [9.17, 15) is 9.18 Å². The molecule has 3 heterocycles. The molecule has 9 heteroatoms. The Kier molecular flexibility index (Phi) is 6.49. The monoisotopic (exact) mass is 463 g/mol. The molecule has 1 aromatic carbocycles. The molecule has 2 bridgehead atoms. The fourth-order valence-corrected chi connectivity index (χ4v) is 4.98. The third-order valence-electron chi connectivity index (χ3n) is 5.89. The molecule has 4 rings (SSSR count). The van der Waals surface area contributed by atoms with Crippen LogP contribution in [0.5, 0.6) is 0 Å². The lowest BCUT2D eigenvalue weighted by Crippen LogP contribution is -2.50. The molecule has 174 valence electrons. The molecule has 0 radical (unpaired) electrons. The highest BCUT2D eigenvalue weighted by Crippen LogP contribution is 2.39. The molecule has 2 aromatic rings. The first-order chi connectivity index (χ1) is 15.1. The highest BCUT2D eigenvalue weighted by molar-refractivity contribution is 7.98. The number of hydrogen-bond donors (Lipinski definition) is 0. The first kappa shape index (κ1) is 23.0. The van der Waals surface area contributed by atoms with Gasteiger partial charge in [0.15, 0.2) is 0 Å². The highest BCUT2D eigenvalue weighted by Gasteiger charge is 2.45. The van der Waals surface area contributed by atoms with Crippen LogP contribution in [0, 0.1) is 5.82 Å². The lowest BCUT2D eigenvalue weighted by atomic mass is 10.00. The molecular formula is C23H30FN3O4S. The average molecular weight is 464 g/mol. The molecule has 0 saturated carbocycles. The van der Waals surface area contributed by atoms with E-state index in [4.69, 9.17) is 14.0 Å². The van der Waals surface area contributed by atoms with Crippen molar-refractivity contribution in [1.29, 1.82) is 0 Å². The Morgan fingerprint density at radius 3 is 2.56 bits per heavy atom. The summed E-state index contributed by atoms with van der Waals surface area (Å²) in [7, 11) is 0. The molecule has 7 nitrogen and oxygen atoms in total. The van der Waals surface area contributed by atoms with Crippen LogP contribution in [0.25, 0.3) is 11.4 Å². The van der Waals surface area contributed by atoms with Crippen LogP contribution >= 0.6 is 11.8 Å². The maximum absolute atomic E-state index is 14.1. The van der Waals surface area contributed by atoms with Crippen LogP contribution in [0.15, 0.2) is 27.6 Å². The molecule has 2 unspecified atom stereocenters. The molecule has 32 heavy (non-hydrogen) atoms. The maximum atomic E-state index is 14.1. The third kappa shape index (κ3) is 4.93. The van der Waals surface area contributed by atoms with Crippen LogP contribution in [0.4, 0.5) is 9.18 Å².